The predicted octanol–water partition coefficient (Wildman–Crippen LogP) is 6.08. The number of fused-ring (bicyclic) bond motifs is 3. The molecule has 4 aromatic rings. The minimum atomic E-state index is -0.192. The van der Waals surface area contributed by atoms with Crippen molar-refractivity contribution in [1.29, 1.82) is 0 Å². The molecule has 1 N–H and O–H groups in total. The zero-order chi connectivity index (χ0) is 19.0. The van der Waals surface area contributed by atoms with Crippen LogP contribution in [0.2, 0.25) is 10.0 Å². The summed E-state index contributed by atoms with van der Waals surface area (Å²) in [6, 6.07) is 16.5. The Labute approximate surface area is 165 Å². The van der Waals surface area contributed by atoms with Gasteiger partial charge in [0.05, 0.1) is 29.3 Å². The fourth-order valence-corrected chi connectivity index (χ4v) is 3.37. The highest BCUT2D eigenvalue weighted by Crippen LogP contribution is 2.36. The van der Waals surface area contributed by atoms with Crippen LogP contribution in [0.1, 0.15) is 5.56 Å². The van der Waals surface area contributed by atoms with Crippen LogP contribution in [0.5, 0.6) is 5.75 Å². The SMILES string of the molecule is COc1cc2c(cc1NC(=O)Cc1ccc(Cl)c(Cl)c1)oc1ccccc12. The minimum absolute atomic E-state index is 0.165. The topological polar surface area (TPSA) is 51.5 Å². The quantitative estimate of drug-likeness (QED) is 0.452. The van der Waals surface area contributed by atoms with E-state index in [4.69, 9.17) is 32.4 Å². The van der Waals surface area contributed by atoms with Gasteiger partial charge in [0.15, 0.2) is 0 Å². The van der Waals surface area contributed by atoms with E-state index in [0.717, 1.165) is 21.9 Å². The van der Waals surface area contributed by atoms with Crippen LogP contribution in [0.3, 0.4) is 0 Å². The Hall–Kier alpha value is -2.69. The molecule has 0 saturated heterocycles. The standard InChI is InChI=1S/C21H15Cl2NO3/c1-26-20-10-14-13-4-2-3-5-18(13)27-19(14)11-17(20)24-21(25)9-12-6-7-15(22)16(23)8-12/h2-8,10-11H,9H2,1H3,(H,24,25). The van der Waals surface area contributed by atoms with Crippen LogP contribution in [0.25, 0.3) is 21.9 Å². The second-order valence-electron chi connectivity index (χ2n) is 6.12. The largest absolute Gasteiger partial charge is 0.495 e. The number of hydrogen-bond acceptors (Lipinski definition) is 3. The van der Waals surface area contributed by atoms with Gasteiger partial charge in [-0.05, 0) is 29.8 Å². The lowest BCUT2D eigenvalue weighted by Gasteiger charge is -2.10. The lowest BCUT2D eigenvalue weighted by molar-refractivity contribution is -0.115. The molecule has 0 radical (unpaired) electrons. The molecule has 1 amide bonds. The Morgan fingerprint density at radius 2 is 1.81 bits per heavy atom. The van der Waals surface area contributed by atoms with E-state index in [1.165, 1.54) is 0 Å². The summed E-state index contributed by atoms with van der Waals surface area (Å²) in [6.45, 7) is 0. The third kappa shape index (κ3) is 3.46. The number of furan rings is 1. The number of nitrogens with one attached hydrogen (secondary N) is 1. The first-order valence-electron chi connectivity index (χ1n) is 8.28. The number of methoxy groups -OCH3 is 1. The van der Waals surface area contributed by atoms with Crippen molar-refractivity contribution in [2.45, 2.75) is 6.42 Å². The molecule has 4 nitrogen and oxygen atoms in total. The molecule has 0 spiro atoms. The maximum atomic E-state index is 12.5. The van der Waals surface area contributed by atoms with Crippen molar-refractivity contribution >= 4 is 56.7 Å². The molecule has 0 aliphatic carbocycles. The van der Waals surface area contributed by atoms with Crippen LogP contribution in [0.4, 0.5) is 5.69 Å². The number of para-hydroxylation sites is 1. The van der Waals surface area contributed by atoms with Crippen LogP contribution >= 0.6 is 23.2 Å². The van der Waals surface area contributed by atoms with Gasteiger partial charge in [-0.25, -0.2) is 0 Å². The molecule has 0 unspecified atom stereocenters. The molecule has 4 rings (SSSR count). The molecule has 27 heavy (non-hydrogen) atoms. The highest BCUT2D eigenvalue weighted by Gasteiger charge is 2.14. The van der Waals surface area contributed by atoms with E-state index in [-0.39, 0.29) is 12.3 Å². The highest BCUT2D eigenvalue weighted by atomic mass is 35.5. The Bertz CT molecular complexity index is 1170. The minimum Gasteiger partial charge on any atom is -0.495 e. The van der Waals surface area contributed by atoms with Gasteiger partial charge in [0.25, 0.3) is 0 Å². The second kappa shape index (κ2) is 7.14. The molecular formula is C21H15Cl2NO3. The molecule has 0 aliphatic heterocycles. The average molecular weight is 400 g/mol. The summed E-state index contributed by atoms with van der Waals surface area (Å²) in [6.07, 6.45) is 0.165. The summed E-state index contributed by atoms with van der Waals surface area (Å²) in [5, 5.41) is 5.69. The Balaban J connectivity index is 1.64. The van der Waals surface area contributed by atoms with Crippen molar-refractivity contribution in [2.75, 3.05) is 12.4 Å². The van der Waals surface area contributed by atoms with Crippen molar-refractivity contribution < 1.29 is 13.9 Å². The first-order valence-corrected chi connectivity index (χ1v) is 9.04. The number of amides is 1. The fourth-order valence-electron chi connectivity index (χ4n) is 3.05. The lowest BCUT2D eigenvalue weighted by Crippen LogP contribution is -2.15. The fraction of sp³-hybridized carbons (Fsp3) is 0.0952. The molecule has 1 heterocycles. The van der Waals surface area contributed by atoms with Gasteiger partial charge in [-0.15, -0.1) is 0 Å². The molecule has 0 fully saturated rings. The molecular weight excluding hydrogens is 385 g/mol. The van der Waals surface area contributed by atoms with Crippen LogP contribution < -0.4 is 10.1 Å². The zero-order valence-corrected chi connectivity index (χ0v) is 15.9. The number of halogens is 2. The van der Waals surface area contributed by atoms with E-state index in [1.54, 1.807) is 31.4 Å². The van der Waals surface area contributed by atoms with E-state index >= 15 is 0 Å². The third-order valence-corrected chi connectivity index (χ3v) is 5.06. The van der Waals surface area contributed by atoms with E-state index < -0.39 is 0 Å². The monoisotopic (exact) mass is 399 g/mol. The maximum absolute atomic E-state index is 12.5. The molecule has 1 aromatic heterocycles. The van der Waals surface area contributed by atoms with Gasteiger partial charge in [-0.2, -0.15) is 0 Å². The average Bonchev–Trinajstić information content (AvgIpc) is 3.01. The van der Waals surface area contributed by atoms with E-state index in [0.29, 0.717) is 27.1 Å². The van der Waals surface area contributed by atoms with Crippen LogP contribution in [0, 0.1) is 0 Å². The Kier molecular flexibility index (Phi) is 4.68. The lowest BCUT2D eigenvalue weighted by atomic mass is 10.1. The first-order chi connectivity index (χ1) is 13.0. The van der Waals surface area contributed by atoms with Crippen LogP contribution in [-0.4, -0.2) is 13.0 Å². The van der Waals surface area contributed by atoms with Crippen molar-refractivity contribution in [3.8, 4) is 5.75 Å². The molecule has 0 bridgehead atoms. The predicted molar refractivity (Wildman–Crippen MR) is 109 cm³/mol. The van der Waals surface area contributed by atoms with Gasteiger partial charge >= 0.3 is 0 Å². The molecule has 0 atom stereocenters. The van der Waals surface area contributed by atoms with Crippen LogP contribution in [-0.2, 0) is 11.2 Å². The number of hydrogen-bond donors (Lipinski definition) is 1. The summed E-state index contributed by atoms with van der Waals surface area (Å²) in [5.74, 6) is 0.374. The van der Waals surface area contributed by atoms with Gasteiger partial charge in [0, 0.05) is 16.8 Å². The number of rotatable bonds is 4. The second-order valence-corrected chi connectivity index (χ2v) is 6.93. The number of carbonyl (C=O) groups is 1. The molecule has 3 aromatic carbocycles. The van der Waals surface area contributed by atoms with Crippen molar-refractivity contribution in [3.05, 3.63) is 70.2 Å². The summed E-state index contributed by atoms with van der Waals surface area (Å²) in [7, 11) is 1.57. The van der Waals surface area contributed by atoms with Crippen molar-refractivity contribution in [2.24, 2.45) is 0 Å². The van der Waals surface area contributed by atoms with Gasteiger partial charge in [-0.1, -0.05) is 47.5 Å². The van der Waals surface area contributed by atoms with E-state index in [2.05, 4.69) is 5.32 Å². The Morgan fingerprint density at radius 3 is 2.59 bits per heavy atom. The van der Waals surface area contributed by atoms with E-state index in [1.807, 2.05) is 30.3 Å². The Morgan fingerprint density at radius 1 is 1.00 bits per heavy atom. The summed E-state index contributed by atoms with van der Waals surface area (Å²) < 4.78 is 11.3. The molecule has 136 valence electrons. The smallest absolute Gasteiger partial charge is 0.228 e. The first kappa shape index (κ1) is 17.7. The van der Waals surface area contributed by atoms with Crippen LogP contribution in [0.15, 0.2) is 59.0 Å². The number of ether oxygens (including phenoxy) is 1. The molecule has 0 aliphatic rings. The summed E-state index contributed by atoms with van der Waals surface area (Å²) >= 11 is 11.9. The summed E-state index contributed by atoms with van der Waals surface area (Å²) in [5.41, 5.74) is 2.79. The summed E-state index contributed by atoms with van der Waals surface area (Å²) in [4.78, 5) is 12.5. The number of carbonyl (C=O) groups excluding carboxylic acids is 1. The van der Waals surface area contributed by atoms with Crippen molar-refractivity contribution in [3.63, 3.8) is 0 Å². The normalized spacial score (nSPS) is 11.1. The van der Waals surface area contributed by atoms with Gasteiger partial charge in [-0.3, -0.25) is 4.79 Å². The zero-order valence-electron chi connectivity index (χ0n) is 14.4. The van der Waals surface area contributed by atoms with Crippen molar-refractivity contribution in [1.82, 2.24) is 0 Å². The van der Waals surface area contributed by atoms with Gasteiger partial charge in [0.2, 0.25) is 5.91 Å². The molecule has 6 heteroatoms. The highest BCUT2D eigenvalue weighted by molar-refractivity contribution is 6.42. The van der Waals surface area contributed by atoms with Gasteiger partial charge < -0.3 is 14.5 Å². The maximum Gasteiger partial charge on any atom is 0.228 e. The number of anilines is 1. The molecule has 0 saturated carbocycles. The van der Waals surface area contributed by atoms with E-state index in [9.17, 15) is 4.79 Å². The van der Waals surface area contributed by atoms with Gasteiger partial charge in [0.1, 0.15) is 16.9 Å². The number of benzene rings is 3. The third-order valence-electron chi connectivity index (χ3n) is 4.32.